The molecule has 106 valence electrons. The molecular formula is C14H19F2NO2. The summed E-state index contributed by atoms with van der Waals surface area (Å²) in [7, 11) is 0. The number of nitrogens with one attached hydrogen (secondary N) is 1. The van der Waals surface area contributed by atoms with Crippen LogP contribution in [-0.4, -0.2) is 24.2 Å². The molecule has 1 amide bonds. The second kappa shape index (κ2) is 7.19. The summed E-state index contributed by atoms with van der Waals surface area (Å²) in [5.74, 6) is -1.88. The minimum absolute atomic E-state index is 0.111. The highest BCUT2D eigenvalue weighted by Gasteiger charge is 2.14. The first kappa shape index (κ1) is 15.6. The van der Waals surface area contributed by atoms with Gasteiger partial charge in [0, 0.05) is 19.2 Å². The smallest absolute Gasteiger partial charge is 0.254 e. The van der Waals surface area contributed by atoms with Crippen molar-refractivity contribution in [1.29, 1.82) is 0 Å². The fourth-order valence-electron chi connectivity index (χ4n) is 1.67. The van der Waals surface area contributed by atoms with Gasteiger partial charge in [-0.15, -0.1) is 0 Å². The summed E-state index contributed by atoms with van der Waals surface area (Å²) in [4.78, 5) is 11.7. The summed E-state index contributed by atoms with van der Waals surface area (Å²) in [6.07, 6.45) is 1.48. The van der Waals surface area contributed by atoms with Gasteiger partial charge in [0.2, 0.25) is 0 Å². The predicted octanol–water partition coefficient (Wildman–Crippen LogP) is 2.41. The van der Waals surface area contributed by atoms with Crippen molar-refractivity contribution in [3.8, 4) is 0 Å². The summed E-state index contributed by atoms with van der Waals surface area (Å²) in [5.41, 5.74) is 0.0922. The lowest BCUT2D eigenvalue weighted by Gasteiger charge is -2.09. The highest BCUT2D eigenvalue weighted by Crippen LogP contribution is 2.14. The van der Waals surface area contributed by atoms with E-state index in [1.807, 2.05) is 6.92 Å². The fraction of sp³-hybridized carbons (Fsp3) is 0.500. The van der Waals surface area contributed by atoms with Crippen LogP contribution in [0.3, 0.4) is 0 Å². The van der Waals surface area contributed by atoms with E-state index in [1.165, 1.54) is 13.0 Å². The molecule has 0 radical (unpaired) electrons. The van der Waals surface area contributed by atoms with E-state index in [0.29, 0.717) is 13.0 Å². The number of carbonyl (C=O) groups is 1. The van der Waals surface area contributed by atoms with Crippen molar-refractivity contribution in [2.24, 2.45) is 5.92 Å². The average molecular weight is 271 g/mol. The number of hydrogen-bond acceptors (Lipinski definition) is 2. The van der Waals surface area contributed by atoms with E-state index in [1.54, 1.807) is 0 Å². The zero-order valence-corrected chi connectivity index (χ0v) is 11.2. The van der Waals surface area contributed by atoms with Crippen molar-refractivity contribution >= 4 is 5.91 Å². The normalized spacial score (nSPS) is 12.3. The second-order valence-electron chi connectivity index (χ2n) is 4.77. The topological polar surface area (TPSA) is 49.3 Å². The molecule has 1 unspecified atom stereocenters. The van der Waals surface area contributed by atoms with Crippen molar-refractivity contribution in [3.05, 3.63) is 34.9 Å². The first-order valence-corrected chi connectivity index (χ1v) is 6.30. The van der Waals surface area contributed by atoms with Crippen molar-refractivity contribution in [3.63, 3.8) is 0 Å². The molecule has 0 saturated carbocycles. The van der Waals surface area contributed by atoms with Crippen molar-refractivity contribution < 1.29 is 18.7 Å². The number of amides is 1. The van der Waals surface area contributed by atoms with Gasteiger partial charge in [0.1, 0.15) is 11.6 Å². The monoisotopic (exact) mass is 271 g/mol. The van der Waals surface area contributed by atoms with Gasteiger partial charge in [-0.1, -0.05) is 6.92 Å². The number of benzene rings is 1. The van der Waals surface area contributed by atoms with Crippen LogP contribution in [0.2, 0.25) is 0 Å². The minimum Gasteiger partial charge on any atom is -0.396 e. The Balaban J connectivity index is 2.52. The number of halogens is 2. The van der Waals surface area contributed by atoms with Crippen LogP contribution < -0.4 is 5.32 Å². The van der Waals surface area contributed by atoms with Gasteiger partial charge in [0.25, 0.3) is 5.91 Å². The van der Waals surface area contributed by atoms with Gasteiger partial charge in [-0.25, -0.2) is 8.78 Å². The summed E-state index contributed by atoms with van der Waals surface area (Å²) in [6, 6.07) is 1.93. The Morgan fingerprint density at radius 1 is 1.37 bits per heavy atom. The van der Waals surface area contributed by atoms with Crippen molar-refractivity contribution in [2.75, 3.05) is 13.2 Å². The van der Waals surface area contributed by atoms with E-state index in [0.717, 1.165) is 12.5 Å². The molecule has 0 fully saturated rings. The first-order valence-electron chi connectivity index (χ1n) is 6.30. The van der Waals surface area contributed by atoms with Crippen LogP contribution in [0, 0.1) is 24.5 Å². The molecule has 0 heterocycles. The van der Waals surface area contributed by atoms with Gasteiger partial charge < -0.3 is 10.4 Å². The summed E-state index contributed by atoms with van der Waals surface area (Å²) in [5, 5.41) is 11.4. The van der Waals surface area contributed by atoms with Crippen LogP contribution >= 0.6 is 0 Å². The number of aliphatic hydroxyl groups excluding tert-OH is 1. The molecule has 0 aliphatic rings. The summed E-state index contributed by atoms with van der Waals surface area (Å²) in [6.45, 7) is 3.90. The Morgan fingerprint density at radius 3 is 2.68 bits per heavy atom. The summed E-state index contributed by atoms with van der Waals surface area (Å²) >= 11 is 0. The number of rotatable bonds is 6. The average Bonchev–Trinajstić information content (AvgIpc) is 2.38. The Hall–Kier alpha value is -1.49. The van der Waals surface area contributed by atoms with Gasteiger partial charge >= 0.3 is 0 Å². The Bertz CT molecular complexity index is 449. The maximum atomic E-state index is 13.4. The quantitative estimate of drug-likeness (QED) is 0.781. The molecule has 2 N–H and O–H groups in total. The van der Waals surface area contributed by atoms with E-state index in [2.05, 4.69) is 5.32 Å². The van der Waals surface area contributed by atoms with Crippen LogP contribution in [0.15, 0.2) is 12.1 Å². The van der Waals surface area contributed by atoms with E-state index in [9.17, 15) is 13.6 Å². The second-order valence-corrected chi connectivity index (χ2v) is 4.77. The minimum atomic E-state index is -0.857. The molecule has 0 spiro atoms. The van der Waals surface area contributed by atoms with Crippen LogP contribution in [0.4, 0.5) is 8.78 Å². The third-order valence-electron chi connectivity index (χ3n) is 2.96. The molecule has 0 bridgehead atoms. The molecule has 0 aromatic heterocycles. The number of aliphatic hydroxyl groups is 1. The van der Waals surface area contributed by atoms with Crippen LogP contribution in [-0.2, 0) is 0 Å². The summed E-state index contributed by atoms with van der Waals surface area (Å²) < 4.78 is 26.5. The molecule has 1 rings (SSSR count). The Morgan fingerprint density at radius 2 is 2.05 bits per heavy atom. The van der Waals surface area contributed by atoms with Gasteiger partial charge in [-0.05, 0) is 37.3 Å². The highest BCUT2D eigenvalue weighted by atomic mass is 19.1. The lowest BCUT2D eigenvalue weighted by molar-refractivity contribution is 0.0948. The molecule has 1 atom stereocenters. The fourth-order valence-corrected chi connectivity index (χ4v) is 1.67. The van der Waals surface area contributed by atoms with Gasteiger partial charge in [-0.3, -0.25) is 4.79 Å². The molecule has 0 aliphatic carbocycles. The molecule has 1 aromatic carbocycles. The van der Waals surface area contributed by atoms with E-state index in [4.69, 9.17) is 5.11 Å². The molecule has 19 heavy (non-hydrogen) atoms. The molecule has 1 aromatic rings. The third kappa shape index (κ3) is 4.59. The SMILES string of the molecule is Cc1cc(C(=O)NCCCC(C)CO)c(F)cc1F. The van der Waals surface area contributed by atoms with Gasteiger partial charge in [-0.2, -0.15) is 0 Å². The van der Waals surface area contributed by atoms with E-state index < -0.39 is 17.5 Å². The maximum Gasteiger partial charge on any atom is 0.254 e. The molecular weight excluding hydrogens is 252 g/mol. The largest absolute Gasteiger partial charge is 0.396 e. The molecule has 3 nitrogen and oxygen atoms in total. The van der Waals surface area contributed by atoms with E-state index in [-0.39, 0.29) is 23.7 Å². The highest BCUT2D eigenvalue weighted by molar-refractivity contribution is 5.94. The standard InChI is InChI=1S/C14H19F2NO2/c1-9(8-18)4-3-5-17-14(19)11-6-10(2)12(15)7-13(11)16/h6-7,9,18H,3-5,8H2,1-2H3,(H,17,19). The van der Waals surface area contributed by atoms with Crippen molar-refractivity contribution in [1.82, 2.24) is 5.32 Å². The Labute approximate surface area is 111 Å². The van der Waals surface area contributed by atoms with Crippen LogP contribution in [0.25, 0.3) is 0 Å². The predicted molar refractivity (Wildman–Crippen MR) is 68.9 cm³/mol. The zero-order valence-electron chi connectivity index (χ0n) is 11.2. The number of aryl methyl sites for hydroxylation is 1. The van der Waals surface area contributed by atoms with Crippen LogP contribution in [0.1, 0.15) is 35.7 Å². The molecule has 0 saturated heterocycles. The van der Waals surface area contributed by atoms with Crippen LogP contribution in [0.5, 0.6) is 0 Å². The Kier molecular flexibility index (Phi) is 5.89. The number of carbonyl (C=O) groups excluding carboxylic acids is 1. The first-order chi connectivity index (χ1) is 8.95. The molecule has 5 heteroatoms. The lowest BCUT2D eigenvalue weighted by Crippen LogP contribution is -2.26. The third-order valence-corrected chi connectivity index (χ3v) is 2.96. The molecule has 0 aliphatic heterocycles. The number of hydrogen-bond donors (Lipinski definition) is 2. The van der Waals surface area contributed by atoms with Gasteiger partial charge in [0.05, 0.1) is 5.56 Å². The lowest BCUT2D eigenvalue weighted by atomic mass is 10.1. The van der Waals surface area contributed by atoms with E-state index >= 15 is 0 Å². The van der Waals surface area contributed by atoms with Crippen molar-refractivity contribution in [2.45, 2.75) is 26.7 Å². The zero-order chi connectivity index (χ0) is 14.4. The van der Waals surface area contributed by atoms with Gasteiger partial charge in [0.15, 0.2) is 0 Å². The maximum absolute atomic E-state index is 13.4.